The summed E-state index contributed by atoms with van der Waals surface area (Å²) in [7, 11) is 0. The number of aromatic nitrogens is 3. The van der Waals surface area contributed by atoms with Gasteiger partial charge in [-0.3, -0.25) is 0 Å². The highest BCUT2D eigenvalue weighted by Crippen LogP contribution is 2.29. The van der Waals surface area contributed by atoms with Crippen LogP contribution in [0.3, 0.4) is 0 Å². The maximum atomic E-state index is 13.3. The first kappa shape index (κ1) is 9.33. The van der Waals surface area contributed by atoms with Crippen LogP contribution in [0.25, 0.3) is 11.4 Å². The molecule has 0 saturated heterocycles. The molecule has 0 radical (unpaired) electrons. The molecule has 1 aliphatic heterocycles. The molecule has 82 valence electrons. The topological polar surface area (TPSA) is 56.7 Å². The average Bonchev–Trinajstić information content (AvgIpc) is 2.84. The fourth-order valence-corrected chi connectivity index (χ4v) is 2.08. The molecule has 0 fully saturated rings. The van der Waals surface area contributed by atoms with Crippen LogP contribution in [0, 0.1) is 5.82 Å². The third kappa shape index (κ3) is 1.21. The van der Waals surface area contributed by atoms with E-state index in [0.29, 0.717) is 11.4 Å². The normalized spacial score (nSPS) is 14.1. The summed E-state index contributed by atoms with van der Waals surface area (Å²) in [6, 6.07) is 4.76. The third-order valence-electron chi connectivity index (χ3n) is 2.90. The standard InChI is InChI=1S/C11H11FN4/c12-8-4-1-3-7(10(8)13)11-15-14-9-5-2-6-16(9)11/h1,3-4H,2,5-6,13H2. The Hall–Kier alpha value is -1.91. The van der Waals surface area contributed by atoms with Crippen molar-refractivity contribution in [2.24, 2.45) is 0 Å². The Kier molecular flexibility index (Phi) is 1.92. The van der Waals surface area contributed by atoms with E-state index in [1.807, 2.05) is 4.57 Å². The van der Waals surface area contributed by atoms with Gasteiger partial charge in [-0.1, -0.05) is 6.07 Å². The number of halogens is 1. The third-order valence-corrected chi connectivity index (χ3v) is 2.90. The van der Waals surface area contributed by atoms with Crippen LogP contribution in [0.1, 0.15) is 12.2 Å². The molecule has 0 aliphatic carbocycles. The maximum Gasteiger partial charge on any atom is 0.166 e. The molecule has 0 unspecified atom stereocenters. The fourth-order valence-electron chi connectivity index (χ4n) is 2.08. The van der Waals surface area contributed by atoms with Crippen molar-refractivity contribution in [1.82, 2.24) is 14.8 Å². The summed E-state index contributed by atoms with van der Waals surface area (Å²) in [6.07, 6.45) is 2.00. The number of hydrogen-bond acceptors (Lipinski definition) is 3. The van der Waals surface area contributed by atoms with Gasteiger partial charge in [-0.2, -0.15) is 0 Å². The lowest BCUT2D eigenvalue weighted by atomic mass is 10.1. The van der Waals surface area contributed by atoms with E-state index in [1.165, 1.54) is 6.07 Å². The SMILES string of the molecule is Nc1c(F)cccc1-c1nnc2n1CCC2. The number of nitrogen functional groups attached to an aromatic ring is 1. The van der Waals surface area contributed by atoms with Gasteiger partial charge >= 0.3 is 0 Å². The predicted octanol–water partition coefficient (Wildman–Crippen LogP) is 1.61. The minimum atomic E-state index is -0.409. The number of nitrogens with zero attached hydrogens (tertiary/aromatic N) is 3. The summed E-state index contributed by atoms with van der Waals surface area (Å²) in [4.78, 5) is 0. The maximum absolute atomic E-state index is 13.3. The van der Waals surface area contributed by atoms with Gasteiger partial charge in [0.2, 0.25) is 0 Å². The van der Waals surface area contributed by atoms with Gasteiger partial charge in [0.05, 0.1) is 5.69 Å². The van der Waals surface area contributed by atoms with Gasteiger partial charge < -0.3 is 10.3 Å². The van der Waals surface area contributed by atoms with Crippen LogP contribution in [-0.2, 0) is 13.0 Å². The van der Waals surface area contributed by atoms with Crippen molar-refractivity contribution in [2.45, 2.75) is 19.4 Å². The van der Waals surface area contributed by atoms with E-state index in [1.54, 1.807) is 12.1 Å². The zero-order valence-corrected chi connectivity index (χ0v) is 8.65. The molecule has 3 rings (SSSR count). The Balaban J connectivity index is 2.19. The second-order valence-corrected chi connectivity index (χ2v) is 3.90. The number of aryl methyl sites for hydroxylation is 1. The van der Waals surface area contributed by atoms with Crippen LogP contribution in [0.2, 0.25) is 0 Å². The number of rotatable bonds is 1. The minimum Gasteiger partial charge on any atom is -0.396 e. The lowest BCUT2D eigenvalue weighted by Crippen LogP contribution is -2.00. The molecule has 1 aromatic heterocycles. The molecule has 4 nitrogen and oxygen atoms in total. The number of hydrogen-bond donors (Lipinski definition) is 1. The highest BCUT2D eigenvalue weighted by Gasteiger charge is 2.20. The van der Waals surface area contributed by atoms with Crippen LogP contribution in [-0.4, -0.2) is 14.8 Å². The van der Waals surface area contributed by atoms with Crippen molar-refractivity contribution in [1.29, 1.82) is 0 Å². The fraction of sp³-hybridized carbons (Fsp3) is 0.273. The summed E-state index contributed by atoms with van der Waals surface area (Å²) in [5.74, 6) is 1.22. The monoisotopic (exact) mass is 218 g/mol. The van der Waals surface area contributed by atoms with Gasteiger partial charge in [0, 0.05) is 18.5 Å². The number of fused-ring (bicyclic) bond motifs is 1. The predicted molar refractivity (Wildman–Crippen MR) is 58.1 cm³/mol. The highest BCUT2D eigenvalue weighted by atomic mass is 19.1. The number of benzene rings is 1. The summed E-state index contributed by atoms with van der Waals surface area (Å²) in [5.41, 5.74) is 6.48. The zero-order valence-electron chi connectivity index (χ0n) is 8.65. The van der Waals surface area contributed by atoms with Gasteiger partial charge in [0.1, 0.15) is 11.6 Å². The molecule has 2 heterocycles. The Bertz CT molecular complexity index is 547. The molecule has 0 bridgehead atoms. The lowest BCUT2D eigenvalue weighted by molar-refractivity contribution is 0.632. The Morgan fingerprint density at radius 3 is 3.06 bits per heavy atom. The van der Waals surface area contributed by atoms with Gasteiger partial charge in [0.15, 0.2) is 5.82 Å². The van der Waals surface area contributed by atoms with Gasteiger partial charge in [0.25, 0.3) is 0 Å². The molecule has 0 saturated carbocycles. The summed E-state index contributed by atoms with van der Waals surface area (Å²) in [5, 5.41) is 8.16. The summed E-state index contributed by atoms with van der Waals surface area (Å²) < 4.78 is 15.3. The Morgan fingerprint density at radius 2 is 2.19 bits per heavy atom. The van der Waals surface area contributed by atoms with E-state index in [2.05, 4.69) is 10.2 Å². The van der Waals surface area contributed by atoms with E-state index in [9.17, 15) is 4.39 Å². The smallest absolute Gasteiger partial charge is 0.166 e. The zero-order chi connectivity index (χ0) is 11.1. The molecular formula is C11H11FN4. The van der Waals surface area contributed by atoms with E-state index in [-0.39, 0.29) is 5.69 Å². The van der Waals surface area contributed by atoms with Crippen molar-refractivity contribution >= 4 is 5.69 Å². The molecule has 2 N–H and O–H groups in total. The summed E-state index contributed by atoms with van der Waals surface area (Å²) in [6.45, 7) is 0.883. The first-order valence-corrected chi connectivity index (χ1v) is 5.24. The van der Waals surface area contributed by atoms with Crippen LogP contribution in [0.4, 0.5) is 10.1 Å². The Morgan fingerprint density at radius 1 is 1.31 bits per heavy atom. The molecule has 16 heavy (non-hydrogen) atoms. The quantitative estimate of drug-likeness (QED) is 0.740. The molecule has 0 amide bonds. The van der Waals surface area contributed by atoms with Crippen molar-refractivity contribution in [2.75, 3.05) is 5.73 Å². The molecule has 0 spiro atoms. The van der Waals surface area contributed by atoms with E-state index in [4.69, 9.17) is 5.73 Å². The first-order valence-electron chi connectivity index (χ1n) is 5.24. The van der Waals surface area contributed by atoms with Crippen molar-refractivity contribution in [3.05, 3.63) is 29.8 Å². The van der Waals surface area contributed by atoms with Crippen LogP contribution in [0.15, 0.2) is 18.2 Å². The second-order valence-electron chi connectivity index (χ2n) is 3.90. The largest absolute Gasteiger partial charge is 0.396 e. The van der Waals surface area contributed by atoms with Crippen molar-refractivity contribution in [3.8, 4) is 11.4 Å². The van der Waals surface area contributed by atoms with Crippen molar-refractivity contribution < 1.29 is 4.39 Å². The molecule has 5 heteroatoms. The van der Waals surface area contributed by atoms with Gasteiger partial charge in [-0.15, -0.1) is 10.2 Å². The van der Waals surface area contributed by atoms with Crippen LogP contribution < -0.4 is 5.73 Å². The first-order chi connectivity index (χ1) is 7.77. The molecule has 0 atom stereocenters. The van der Waals surface area contributed by atoms with Gasteiger partial charge in [-0.05, 0) is 18.6 Å². The van der Waals surface area contributed by atoms with E-state index < -0.39 is 5.82 Å². The van der Waals surface area contributed by atoms with E-state index >= 15 is 0 Å². The summed E-state index contributed by atoms with van der Waals surface area (Å²) >= 11 is 0. The van der Waals surface area contributed by atoms with Crippen LogP contribution in [0.5, 0.6) is 0 Å². The van der Waals surface area contributed by atoms with Gasteiger partial charge in [-0.25, -0.2) is 4.39 Å². The number of nitrogens with two attached hydrogens (primary N) is 1. The highest BCUT2D eigenvalue weighted by molar-refractivity contribution is 5.72. The molecule has 1 aromatic carbocycles. The van der Waals surface area contributed by atoms with Crippen molar-refractivity contribution in [3.63, 3.8) is 0 Å². The molecular weight excluding hydrogens is 207 g/mol. The number of anilines is 1. The second kappa shape index (κ2) is 3.30. The lowest BCUT2D eigenvalue weighted by Gasteiger charge is -2.06. The number of para-hydroxylation sites is 1. The molecule has 2 aromatic rings. The van der Waals surface area contributed by atoms with Crippen LogP contribution >= 0.6 is 0 Å². The average molecular weight is 218 g/mol. The van der Waals surface area contributed by atoms with E-state index in [0.717, 1.165) is 25.2 Å². The molecule has 1 aliphatic rings. The minimum absolute atomic E-state index is 0.143. The Labute approximate surface area is 91.9 Å².